The molecule has 0 saturated carbocycles. The van der Waals surface area contributed by atoms with E-state index < -0.39 is 0 Å². The van der Waals surface area contributed by atoms with Gasteiger partial charge >= 0.3 is 25.8 Å². The van der Waals surface area contributed by atoms with Gasteiger partial charge in [0.15, 0.2) is 0 Å². The number of rotatable bonds is 4. The standard InChI is InChI=1S/2C9H12N.2C4H8O.2BrH.Hf/c2*1-3-10-9-7-5-4-6-8(9)2;2*1-2-4-5-3-1;;;/h2*4-7H,3H2,1-2H3;2*1-4H2;2*1H;/q2*-1;;;;;+4/p-2. The quantitative estimate of drug-likeness (QED) is 0.447. The first-order chi connectivity index (χ1) is 14.7. The Hall–Kier alpha value is -0.210. The van der Waals surface area contributed by atoms with Gasteiger partial charge in [0.2, 0.25) is 0 Å². The van der Waals surface area contributed by atoms with E-state index in [1.807, 2.05) is 50.2 Å². The number of benzene rings is 2. The molecular formula is C26H40Br2HfN2O2. The predicted molar refractivity (Wildman–Crippen MR) is 130 cm³/mol. The largest absolute Gasteiger partial charge is 4.00 e. The van der Waals surface area contributed by atoms with Crippen LogP contribution in [0, 0.1) is 13.8 Å². The molecule has 2 aromatic rings. The predicted octanol–water partition coefficient (Wildman–Crippen LogP) is 1.64. The third-order valence-electron chi connectivity index (χ3n) is 4.54. The average molecular weight is 751 g/mol. The molecule has 2 fully saturated rings. The molecule has 0 amide bonds. The molecule has 0 spiro atoms. The van der Waals surface area contributed by atoms with Gasteiger partial charge in [-0.05, 0) is 39.5 Å². The van der Waals surface area contributed by atoms with Gasteiger partial charge in [-0.3, -0.25) is 0 Å². The van der Waals surface area contributed by atoms with Crippen molar-refractivity contribution in [1.29, 1.82) is 0 Å². The third kappa shape index (κ3) is 19.8. The van der Waals surface area contributed by atoms with Gasteiger partial charge in [0.1, 0.15) is 0 Å². The van der Waals surface area contributed by atoms with Crippen LogP contribution in [-0.4, -0.2) is 39.5 Å². The van der Waals surface area contributed by atoms with Crippen molar-refractivity contribution >= 4 is 11.4 Å². The Bertz CT molecular complexity index is 598. The van der Waals surface area contributed by atoms with Crippen LogP contribution in [-0.2, 0) is 35.3 Å². The van der Waals surface area contributed by atoms with Gasteiger partial charge in [0, 0.05) is 26.4 Å². The number of ether oxygens (including phenoxy) is 2. The molecular weight excluding hydrogens is 711 g/mol. The van der Waals surface area contributed by atoms with Crippen molar-refractivity contribution in [2.75, 3.05) is 39.5 Å². The number of hydrogen-bond donors (Lipinski definition) is 0. The second-order valence-electron chi connectivity index (χ2n) is 7.16. The summed E-state index contributed by atoms with van der Waals surface area (Å²) < 4.78 is 9.89. The molecule has 0 bridgehead atoms. The van der Waals surface area contributed by atoms with Crippen molar-refractivity contribution in [3.8, 4) is 0 Å². The van der Waals surface area contributed by atoms with Crippen molar-refractivity contribution in [3.63, 3.8) is 0 Å². The fourth-order valence-electron chi connectivity index (χ4n) is 2.84. The molecule has 0 radical (unpaired) electrons. The molecule has 4 nitrogen and oxygen atoms in total. The van der Waals surface area contributed by atoms with Gasteiger partial charge < -0.3 is 54.1 Å². The summed E-state index contributed by atoms with van der Waals surface area (Å²) in [5.41, 5.74) is 4.74. The van der Waals surface area contributed by atoms with Crippen LogP contribution >= 0.6 is 0 Å². The number of para-hydroxylation sites is 2. The summed E-state index contributed by atoms with van der Waals surface area (Å²) in [5.74, 6) is 0. The Morgan fingerprint density at radius 2 is 0.909 bits per heavy atom. The van der Waals surface area contributed by atoms with E-state index in [4.69, 9.17) is 9.47 Å². The number of aryl methyl sites for hydroxylation is 2. The Kier molecular flexibility index (Phi) is 29.9. The Labute approximate surface area is 242 Å². The van der Waals surface area contributed by atoms with Gasteiger partial charge in [0.25, 0.3) is 0 Å². The molecule has 2 aliphatic heterocycles. The van der Waals surface area contributed by atoms with E-state index in [9.17, 15) is 0 Å². The van der Waals surface area contributed by atoms with Crippen LogP contribution in [0.15, 0.2) is 48.5 Å². The molecule has 33 heavy (non-hydrogen) atoms. The molecule has 0 N–H and O–H groups in total. The van der Waals surface area contributed by atoms with E-state index in [2.05, 4.69) is 36.6 Å². The third-order valence-corrected chi connectivity index (χ3v) is 4.54. The van der Waals surface area contributed by atoms with Crippen molar-refractivity contribution in [3.05, 3.63) is 70.3 Å². The maximum Gasteiger partial charge on any atom is 4.00 e. The minimum absolute atomic E-state index is 0. The number of halogens is 2. The fraction of sp³-hybridized carbons (Fsp3) is 0.538. The molecule has 2 saturated heterocycles. The minimum Gasteiger partial charge on any atom is -1.00 e. The first kappa shape index (κ1) is 37.3. The van der Waals surface area contributed by atoms with E-state index in [0.29, 0.717) is 0 Å². The maximum atomic E-state index is 4.94. The molecule has 2 aromatic carbocycles. The molecule has 0 atom stereocenters. The molecule has 4 rings (SSSR count). The SMILES string of the molecule is C1CCOC1.C1CCOC1.CC[N-]c1ccccc1C.CC[N-]c1ccccc1C.[Br-].[Br-].[Hf+4]. The molecule has 7 heteroatoms. The monoisotopic (exact) mass is 750 g/mol. The Balaban J connectivity index is -0.000000368. The molecule has 184 valence electrons. The fourth-order valence-corrected chi connectivity index (χ4v) is 2.84. The van der Waals surface area contributed by atoms with E-state index in [0.717, 1.165) is 50.9 Å². The van der Waals surface area contributed by atoms with Crippen LogP contribution < -0.4 is 34.0 Å². The second-order valence-corrected chi connectivity index (χ2v) is 7.16. The van der Waals surface area contributed by atoms with E-state index in [-0.39, 0.29) is 59.8 Å². The molecule has 2 aliphatic rings. The zero-order valence-corrected chi connectivity index (χ0v) is 27.4. The summed E-state index contributed by atoms with van der Waals surface area (Å²) in [6.07, 6.45) is 5.11. The first-order valence-corrected chi connectivity index (χ1v) is 11.3. The smallest absolute Gasteiger partial charge is 1.00 e. The van der Waals surface area contributed by atoms with Gasteiger partial charge in [-0.15, -0.1) is 24.5 Å². The summed E-state index contributed by atoms with van der Waals surface area (Å²) >= 11 is 0. The van der Waals surface area contributed by atoms with Crippen molar-refractivity contribution in [1.82, 2.24) is 0 Å². The summed E-state index contributed by atoms with van der Waals surface area (Å²) in [6, 6.07) is 16.3. The average Bonchev–Trinajstić information content (AvgIpc) is 3.52. The Morgan fingerprint density at radius 3 is 1.12 bits per heavy atom. The first-order valence-electron chi connectivity index (χ1n) is 11.3. The van der Waals surface area contributed by atoms with Gasteiger partial charge in [0.05, 0.1) is 0 Å². The van der Waals surface area contributed by atoms with E-state index in [1.54, 1.807) is 0 Å². The van der Waals surface area contributed by atoms with Crippen molar-refractivity contribution < 1.29 is 69.3 Å². The van der Waals surface area contributed by atoms with Gasteiger partial charge in [-0.1, -0.05) is 73.5 Å². The van der Waals surface area contributed by atoms with Crippen LogP contribution in [0.5, 0.6) is 0 Å². The summed E-state index contributed by atoms with van der Waals surface area (Å²) in [7, 11) is 0. The zero-order chi connectivity index (χ0) is 21.9. The van der Waals surface area contributed by atoms with Crippen molar-refractivity contribution in [2.24, 2.45) is 0 Å². The minimum atomic E-state index is 0. The van der Waals surface area contributed by atoms with E-state index >= 15 is 0 Å². The molecule has 0 aromatic heterocycles. The van der Waals surface area contributed by atoms with Crippen LogP contribution in [0.2, 0.25) is 0 Å². The van der Waals surface area contributed by atoms with Crippen LogP contribution in [0.1, 0.15) is 50.7 Å². The summed E-state index contributed by atoms with van der Waals surface area (Å²) in [6.45, 7) is 14.0. The van der Waals surface area contributed by atoms with Gasteiger partial charge in [-0.2, -0.15) is 0 Å². The van der Waals surface area contributed by atoms with Crippen molar-refractivity contribution in [2.45, 2.75) is 53.4 Å². The zero-order valence-electron chi connectivity index (χ0n) is 20.7. The Morgan fingerprint density at radius 1 is 0.606 bits per heavy atom. The van der Waals surface area contributed by atoms with Crippen LogP contribution in [0.25, 0.3) is 10.6 Å². The summed E-state index contributed by atoms with van der Waals surface area (Å²) in [4.78, 5) is 0. The normalized spacial score (nSPS) is 13.0. The van der Waals surface area contributed by atoms with Crippen LogP contribution in [0.3, 0.4) is 0 Å². The molecule has 0 unspecified atom stereocenters. The molecule has 0 aliphatic carbocycles. The summed E-state index contributed by atoms with van der Waals surface area (Å²) in [5, 5.41) is 8.61. The molecule has 2 heterocycles. The number of hydrogen-bond acceptors (Lipinski definition) is 2. The maximum absolute atomic E-state index is 4.94. The van der Waals surface area contributed by atoms with Crippen LogP contribution in [0.4, 0.5) is 11.4 Å². The second kappa shape index (κ2) is 26.4. The van der Waals surface area contributed by atoms with Gasteiger partial charge in [-0.25, -0.2) is 0 Å². The topological polar surface area (TPSA) is 46.7 Å². The van der Waals surface area contributed by atoms with E-state index in [1.165, 1.54) is 36.8 Å². The number of nitrogens with zero attached hydrogens (tertiary/aromatic N) is 2.